The predicted molar refractivity (Wildman–Crippen MR) is 81.5 cm³/mol. The van der Waals surface area contributed by atoms with Crippen molar-refractivity contribution in [2.75, 3.05) is 12.3 Å². The third-order valence-electron chi connectivity index (χ3n) is 3.08. The fraction of sp³-hybridized carbons (Fsp3) is 0.154. The summed E-state index contributed by atoms with van der Waals surface area (Å²) in [4.78, 5) is 11.6. The van der Waals surface area contributed by atoms with E-state index in [0.717, 1.165) is 0 Å². The van der Waals surface area contributed by atoms with Crippen LogP contribution in [-0.4, -0.2) is 39.1 Å². The second-order valence-electron chi connectivity index (χ2n) is 4.61. The van der Waals surface area contributed by atoms with Gasteiger partial charge in [0.25, 0.3) is 5.16 Å². The van der Waals surface area contributed by atoms with Gasteiger partial charge in [-0.2, -0.15) is 8.42 Å². The van der Waals surface area contributed by atoms with Crippen molar-refractivity contribution in [3.63, 3.8) is 0 Å². The molecule has 3 N–H and O–H groups in total. The van der Waals surface area contributed by atoms with Gasteiger partial charge in [0.15, 0.2) is 17.0 Å². The molecule has 23 heavy (non-hydrogen) atoms. The molecule has 120 valence electrons. The summed E-state index contributed by atoms with van der Waals surface area (Å²) in [7, 11) is -4.53. The predicted octanol–water partition coefficient (Wildman–Crippen LogP) is 0.734. The van der Waals surface area contributed by atoms with Crippen LogP contribution < -0.4 is 10.5 Å². The number of nitrogen functional groups attached to an aromatic ring is 1. The van der Waals surface area contributed by atoms with Crippen molar-refractivity contribution in [3.8, 4) is 5.75 Å². The Hall–Kier alpha value is -2.72. The van der Waals surface area contributed by atoms with E-state index in [-0.39, 0.29) is 30.1 Å². The molecule has 0 bridgehead atoms. The normalized spacial score (nSPS) is 11.7. The standard InChI is InChI=1S/C13H13N5O4S/c14-11-10-12(16-8-15-11)18(13(17-10)23(19,20)21)6-7-22-9-4-2-1-3-5-9/h1-5,8H,6-7H2,(H2,14,15,16)(H,19,20,21). The average molecular weight is 335 g/mol. The summed E-state index contributed by atoms with van der Waals surface area (Å²) in [6.07, 6.45) is 1.20. The van der Waals surface area contributed by atoms with Crippen LogP contribution in [0, 0.1) is 0 Å². The number of ether oxygens (including phenoxy) is 1. The number of fused-ring (bicyclic) bond motifs is 1. The van der Waals surface area contributed by atoms with Crippen LogP contribution in [0.1, 0.15) is 0 Å². The fourth-order valence-corrected chi connectivity index (χ4v) is 2.77. The second-order valence-corrected chi connectivity index (χ2v) is 5.93. The molecule has 0 aliphatic heterocycles. The van der Waals surface area contributed by atoms with Crippen LogP contribution in [0.5, 0.6) is 5.75 Å². The monoisotopic (exact) mass is 335 g/mol. The summed E-state index contributed by atoms with van der Waals surface area (Å²) in [5.74, 6) is 0.669. The van der Waals surface area contributed by atoms with Gasteiger partial charge in [-0.15, -0.1) is 0 Å². The molecule has 0 unspecified atom stereocenters. The van der Waals surface area contributed by atoms with Crippen LogP contribution in [0.25, 0.3) is 11.2 Å². The molecule has 2 heterocycles. The van der Waals surface area contributed by atoms with Gasteiger partial charge in [-0.1, -0.05) is 18.2 Å². The molecule has 3 rings (SSSR count). The number of nitrogens with zero attached hydrogens (tertiary/aromatic N) is 4. The molecule has 0 saturated heterocycles. The van der Waals surface area contributed by atoms with E-state index in [4.69, 9.17) is 10.5 Å². The molecule has 0 radical (unpaired) electrons. The van der Waals surface area contributed by atoms with Crippen molar-refractivity contribution in [1.82, 2.24) is 19.5 Å². The lowest BCUT2D eigenvalue weighted by atomic mass is 10.3. The number of aromatic nitrogens is 4. The highest BCUT2D eigenvalue weighted by Gasteiger charge is 2.23. The van der Waals surface area contributed by atoms with Gasteiger partial charge in [0.05, 0.1) is 6.54 Å². The topological polar surface area (TPSA) is 133 Å². The van der Waals surface area contributed by atoms with Crippen molar-refractivity contribution in [3.05, 3.63) is 36.7 Å². The van der Waals surface area contributed by atoms with Crippen molar-refractivity contribution >= 4 is 27.1 Å². The molecular formula is C13H13N5O4S. The van der Waals surface area contributed by atoms with Gasteiger partial charge in [-0.3, -0.25) is 9.12 Å². The Labute approximate surface area is 131 Å². The van der Waals surface area contributed by atoms with Crippen molar-refractivity contribution < 1.29 is 17.7 Å². The summed E-state index contributed by atoms with van der Waals surface area (Å²) >= 11 is 0. The van der Waals surface area contributed by atoms with Crippen LogP contribution >= 0.6 is 0 Å². The van der Waals surface area contributed by atoms with E-state index < -0.39 is 15.3 Å². The largest absolute Gasteiger partial charge is 0.492 e. The molecule has 0 atom stereocenters. The fourth-order valence-electron chi connectivity index (χ4n) is 2.10. The highest BCUT2D eigenvalue weighted by molar-refractivity contribution is 7.85. The Morgan fingerprint density at radius 2 is 1.96 bits per heavy atom. The minimum Gasteiger partial charge on any atom is -0.492 e. The first-order valence-electron chi connectivity index (χ1n) is 6.59. The van der Waals surface area contributed by atoms with Gasteiger partial charge in [-0.05, 0) is 12.1 Å². The number of rotatable bonds is 5. The van der Waals surface area contributed by atoms with Gasteiger partial charge in [0.1, 0.15) is 18.7 Å². The number of imidazole rings is 1. The van der Waals surface area contributed by atoms with Crippen molar-refractivity contribution in [2.24, 2.45) is 0 Å². The molecule has 1 aromatic carbocycles. The van der Waals surface area contributed by atoms with E-state index in [2.05, 4.69) is 15.0 Å². The Balaban J connectivity index is 1.94. The van der Waals surface area contributed by atoms with Crippen LogP contribution in [0.4, 0.5) is 5.82 Å². The molecule has 2 aromatic heterocycles. The molecule has 0 aliphatic carbocycles. The first-order valence-corrected chi connectivity index (χ1v) is 8.03. The zero-order valence-electron chi connectivity index (χ0n) is 11.8. The van der Waals surface area contributed by atoms with E-state index in [0.29, 0.717) is 5.75 Å². The lowest BCUT2D eigenvalue weighted by molar-refractivity contribution is 0.293. The quantitative estimate of drug-likeness (QED) is 0.652. The smallest absolute Gasteiger partial charge is 0.328 e. The molecule has 0 amide bonds. The number of benzene rings is 1. The number of nitrogens with two attached hydrogens (primary N) is 1. The highest BCUT2D eigenvalue weighted by Crippen LogP contribution is 2.21. The van der Waals surface area contributed by atoms with Crippen LogP contribution in [0.3, 0.4) is 0 Å². The first kappa shape index (κ1) is 15.2. The molecule has 9 nitrogen and oxygen atoms in total. The third kappa shape index (κ3) is 3.07. The van der Waals surface area contributed by atoms with Gasteiger partial charge in [0.2, 0.25) is 0 Å². The Morgan fingerprint density at radius 1 is 1.22 bits per heavy atom. The maximum absolute atomic E-state index is 11.5. The summed E-state index contributed by atoms with van der Waals surface area (Å²) in [6, 6.07) is 9.04. The number of para-hydroxylation sites is 1. The molecule has 0 fully saturated rings. The van der Waals surface area contributed by atoms with Gasteiger partial charge >= 0.3 is 10.1 Å². The average Bonchev–Trinajstić information content (AvgIpc) is 2.89. The highest BCUT2D eigenvalue weighted by atomic mass is 32.2. The zero-order valence-corrected chi connectivity index (χ0v) is 12.6. The van der Waals surface area contributed by atoms with Crippen LogP contribution in [0.2, 0.25) is 0 Å². The molecule has 0 aliphatic rings. The second kappa shape index (κ2) is 5.82. The third-order valence-corrected chi connectivity index (χ3v) is 3.86. The number of anilines is 1. The minimum atomic E-state index is -4.53. The summed E-state index contributed by atoms with van der Waals surface area (Å²) in [6.45, 7) is 0.263. The minimum absolute atomic E-state index is 0.0302. The lowest BCUT2D eigenvalue weighted by Crippen LogP contribution is -2.14. The lowest BCUT2D eigenvalue weighted by Gasteiger charge is -2.08. The summed E-state index contributed by atoms with van der Waals surface area (Å²) in [5.41, 5.74) is 5.99. The van der Waals surface area contributed by atoms with E-state index in [1.165, 1.54) is 10.9 Å². The van der Waals surface area contributed by atoms with E-state index in [9.17, 15) is 13.0 Å². The maximum Gasteiger partial charge on any atom is 0.328 e. The van der Waals surface area contributed by atoms with Gasteiger partial charge < -0.3 is 10.5 Å². The Morgan fingerprint density at radius 3 is 2.65 bits per heavy atom. The van der Waals surface area contributed by atoms with E-state index in [1.807, 2.05) is 18.2 Å². The van der Waals surface area contributed by atoms with Crippen molar-refractivity contribution in [2.45, 2.75) is 11.7 Å². The van der Waals surface area contributed by atoms with E-state index >= 15 is 0 Å². The van der Waals surface area contributed by atoms with Gasteiger partial charge in [-0.25, -0.2) is 15.0 Å². The summed E-state index contributed by atoms with van der Waals surface area (Å²) < 4.78 is 39.1. The summed E-state index contributed by atoms with van der Waals surface area (Å²) in [5, 5.41) is -0.545. The zero-order chi connectivity index (χ0) is 16.4. The van der Waals surface area contributed by atoms with Crippen LogP contribution in [0.15, 0.2) is 41.8 Å². The molecular weight excluding hydrogens is 322 g/mol. The SMILES string of the molecule is Nc1ncnc2c1nc(S(=O)(=O)O)n2CCOc1ccccc1. The molecule has 0 saturated carbocycles. The maximum atomic E-state index is 11.5. The first-order chi connectivity index (χ1) is 11.0. The molecule has 0 spiro atoms. The Bertz CT molecular complexity index is 940. The number of hydrogen-bond acceptors (Lipinski definition) is 7. The van der Waals surface area contributed by atoms with E-state index in [1.54, 1.807) is 12.1 Å². The van der Waals surface area contributed by atoms with Crippen LogP contribution in [-0.2, 0) is 16.7 Å². The Kier molecular flexibility index (Phi) is 3.84. The molecule has 10 heteroatoms. The van der Waals surface area contributed by atoms with Gasteiger partial charge in [0, 0.05) is 0 Å². The van der Waals surface area contributed by atoms with Crippen molar-refractivity contribution in [1.29, 1.82) is 0 Å². The number of hydrogen-bond donors (Lipinski definition) is 2. The molecule has 3 aromatic rings.